The second-order valence-electron chi connectivity index (χ2n) is 5.24. The predicted octanol–water partition coefficient (Wildman–Crippen LogP) is 4.07. The zero-order valence-electron chi connectivity index (χ0n) is 12.5. The van der Waals surface area contributed by atoms with Crippen molar-refractivity contribution >= 4 is 17.4 Å². The number of rotatable bonds is 6. The molecule has 0 aromatic heterocycles. The quantitative estimate of drug-likeness (QED) is 0.360. The number of hydrogen-bond donors (Lipinski definition) is 2. The Labute approximate surface area is 125 Å². The molecule has 1 rings (SSSR count). The molecule has 0 fully saturated rings. The third kappa shape index (κ3) is 4.30. The van der Waals surface area contributed by atoms with Crippen molar-refractivity contribution in [3.63, 3.8) is 0 Å². The van der Waals surface area contributed by atoms with Crippen LogP contribution in [0.1, 0.15) is 50.7 Å². The summed E-state index contributed by atoms with van der Waals surface area (Å²) in [5.41, 5.74) is 7.59. The van der Waals surface area contributed by atoms with Gasteiger partial charge in [-0.25, -0.2) is 0 Å². The van der Waals surface area contributed by atoms with Crippen molar-refractivity contribution in [2.24, 2.45) is 10.9 Å². The van der Waals surface area contributed by atoms with Crippen molar-refractivity contribution in [3.05, 3.63) is 28.3 Å². The summed E-state index contributed by atoms with van der Waals surface area (Å²) in [6.07, 6.45) is 1.05. The maximum atomic E-state index is 8.64. The van der Waals surface area contributed by atoms with Crippen LogP contribution in [0.15, 0.2) is 17.3 Å². The van der Waals surface area contributed by atoms with E-state index >= 15 is 0 Å². The van der Waals surface area contributed by atoms with E-state index in [9.17, 15) is 0 Å². The zero-order chi connectivity index (χ0) is 15.3. The van der Waals surface area contributed by atoms with Crippen LogP contribution in [0.25, 0.3) is 0 Å². The Balaban J connectivity index is 2.98. The summed E-state index contributed by atoms with van der Waals surface area (Å²) in [6, 6.07) is 3.90. The fourth-order valence-corrected chi connectivity index (χ4v) is 2.40. The normalized spacial score (nSPS) is 13.6. The highest BCUT2D eigenvalue weighted by molar-refractivity contribution is 6.31. The van der Waals surface area contributed by atoms with Crippen LogP contribution in [0.5, 0.6) is 5.75 Å². The van der Waals surface area contributed by atoms with E-state index in [0.717, 1.165) is 28.3 Å². The minimum Gasteiger partial charge on any atom is -0.490 e. The lowest BCUT2D eigenvalue weighted by Gasteiger charge is -2.20. The molecule has 4 nitrogen and oxygen atoms in total. The molecule has 112 valence electrons. The molecule has 5 heteroatoms. The Hall–Kier alpha value is -1.42. The van der Waals surface area contributed by atoms with E-state index in [1.165, 1.54) is 0 Å². The molecule has 0 heterocycles. The lowest BCUT2D eigenvalue weighted by molar-refractivity contribution is 0.201. The van der Waals surface area contributed by atoms with Gasteiger partial charge in [-0.2, -0.15) is 0 Å². The van der Waals surface area contributed by atoms with E-state index in [4.69, 9.17) is 27.3 Å². The first-order valence-electron chi connectivity index (χ1n) is 6.82. The zero-order valence-corrected chi connectivity index (χ0v) is 13.2. The van der Waals surface area contributed by atoms with Gasteiger partial charge in [-0.3, -0.25) is 0 Å². The average Bonchev–Trinajstić information content (AvgIpc) is 2.39. The van der Waals surface area contributed by atoms with Crippen molar-refractivity contribution in [2.45, 2.75) is 52.6 Å². The van der Waals surface area contributed by atoms with E-state index < -0.39 is 0 Å². The molecule has 0 aliphatic carbocycles. The van der Waals surface area contributed by atoms with Crippen molar-refractivity contribution in [2.75, 3.05) is 0 Å². The summed E-state index contributed by atoms with van der Waals surface area (Å²) < 4.78 is 5.98. The lowest BCUT2D eigenvalue weighted by atomic mass is 10.0. The Kier molecular flexibility index (Phi) is 6.14. The first kappa shape index (κ1) is 16.6. The molecule has 1 unspecified atom stereocenters. The summed E-state index contributed by atoms with van der Waals surface area (Å²) in [5.74, 6) is 1.30. The van der Waals surface area contributed by atoms with Crippen LogP contribution < -0.4 is 10.5 Å². The molecule has 1 aromatic rings. The molecule has 0 saturated heterocycles. The van der Waals surface area contributed by atoms with Crippen LogP contribution >= 0.6 is 11.6 Å². The van der Waals surface area contributed by atoms with Crippen molar-refractivity contribution in [3.8, 4) is 5.75 Å². The Morgan fingerprint density at radius 3 is 2.60 bits per heavy atom. The second-order valence-corrected chi connectivity index (χ2v) is 5.64. The Bertz CT molecular complexity index is 487. The molecule has 20 heavy (non-hydrogen) atoms. The van der Waals surface area contributed by atoms with Gasteiger partial charge in [0.15, 0.2) is 0 Å². The number of nitrogens with two attached hydrogens (primary N) is 1. The second kappa shape index (κ2) is 7.39. The molecule has 0 aliphatic heterocycles. The van der Waals surface area contributed by atoms with Gasteiger partial charge in [0.25, 0.3) is 0 Å². The molecule has 1 atom stereocenters. The van der Waals surface area contributed by atoms with E-state index in [1.807, 2.05) is 26.0 Å². The first-order chi connectivity index (χ1) is 9.38. The van der Waals surface area contributed by atoms with Gasteiger partial charge in [-0.15, -0.1) is 0 Å². The number of hydrogen-bond acceptors (Lipinski definition) is 3. The molecule has 3 N–H and O–H groups in total. The molecule has 0 amide bonds. The fourth-order valence-electron chi connectivity index (χ4n) is 1.96. The van der Waals surface area contributed by atoms with E-state index in [2.05, 4.69) is 19.0 Å². The van der Waals surface area contributed by atoms with E-state index in [0.29, 0.717) is 12.3 Å². The highest BCUT2D eigenvalue weighted by atomic mass is 35.5. The Morgan fingerprint density at radius 1 is 1.45 bits per heavy atom. The predicted molar refractivity (Wildman–Crippen MR) is 83.0 cm³/mol. The smallest absolute Gasteiger partial charge is 0.142 e. The fraction of sp³-hybridized carbons (Fsp3) is 0.533. The average molecular weight is 299 g/mol. The topological polar surface area (TPSA) is 67.8 Å². The number of halogens is 1. The number of ether oxygens (including phenoxy) is 1. The van der Waals surface area contributed by atoms with Gasteiger partial charge in [-0.1, -0.05) is 37.5 Å². The minimum absolute atomic E-state index is 0.120. The van der Waals surface area contributed by atoms with Crippen LogP contribution in [0.4, 0.5) is 0 Å². The number of aryl methyl sites for hydroxylation is 1. The van der Waals surface area contributed by atoms with Crippen LogP contribution in [-0.4, -0.2) is 17.1 Å². The first-order valence-corrected chi connectivity index (χ1v) is 7.19. The van der Waals surface area contributed by atoms with Crippen molar-refractivity contribution in [1.82, 2.24) is 0 Å². The number of nitrogens with zero attached hydrogens (tertiary/aromatic N) is 1. The lowest BCUT2D eigenvalue weighted by Crippen LogP contribution is -2.25. The van der Waals surface area contributed by atoms with Gasteiger partial charge in [0.05, 0.1) is 0 Å². The maximum absolute atomic E-state index is 8.64. The third-order valence-corrected chi connectivity index (χ3v) is 3.56. The van der Waals surface area contributed by atoms with Crippen LogP contribution in [0.2, 0.25) is 5.02 Å². The molecular weight excluding hydrogens is 276 g/mol. The van der Waals surface area contributed by atoms with Gasteiger partial charge in [0.1, 0.15) is 17.7 Å². The molecule has 0 radical (unpaired) electrons. The van der Waals surface area contributed by atoms with Crippen LogP contribution in [-0.2, 0) is 0 Å². The monoisotopic (exact) mass is 298 g/mol. The molecule has 0 bridgehead atoms. The van der Waals surface area contributed by atoms with Gasteiger partial charge in [0, 0.05) is 11.4 Å². The van der Waals surface area contributed by atoms with Gasteiger partial charge >= 0.3 is 0 Å². The maximum Gasteiger partial charge on any atom is 0.142 e. The third-order valence-electron chi connectivity index (χ3n) is 3.23. The van der Waals surface area contributed by atoms with Gasteiger partial charge in [0.2, 0.25) is 0 Å². The van der Waals surface area contributed by atoms with Crippen LogP contribution in [0.3, 0.4) is 0 Å². The SMILES string of the molecule is CCC(C/C(N)=N/O)Oc1cc(C(C)C)c(Cl)cc1C. The van der Waals surface area contributed by atoms with Gasteiger partial charge < -0.3 is 15.7 Å². The van der Waals surface area contributed by atoms with Gasteiger partial charge in [-0.05, 0) is 42.5 Å². The summed E-state index contributed by atoms with van der Waals surface area (Å²) in [7, 11) is 0. The number of benzene rings is 1. The molecule has 0 aliphatic rings. The number of amidine groups is 1. The minimum atomic E-state index is -0.120. The summed E-state index contributed by atoms with van der Waals surface area (Å²) in [6.45, 7) is 8.15. The highest BCUT2D eigenvalue weighted by Crippen LogP contribution is 2.32. The highest BCUT2D eigenvalue weighted by Gasteiger charge is 2.15. The standard InChI is InChI=1S/C15H23ClN2O2/c1-5-11(7-15(17)18-19)20-14-8-12(9(2)3)13(16)6-10(14)4/h6,8-9,11,19H,5,7H2,1-4H3,(H2,17,18). The molecular formula is C15H23ClN2O2. The van der Waals surface area contributed by atoms with Crippen molar-refractivity contribution < 1.29 is 9.94 Å². The number of oxime groups is 1. The van der Waals surface area contributed by atoms with Crippen molar-refractivity contribution in [1.29, 1.82) is 0 Å². The summed E-state index contributed by atoms with van der Waals surface area (Å²) in [5, 5.41) is 12.4. The molecule has 0 saturated carbocycles. The van der Waals surface area contributed by atoms with E-state index in [1.54, 1.807) is 0 Å². The summed E-state index contributed by atoms with van der Waals surface area (Å²) in [4.78, 5) is 0. The molecule has 0 spiro atoms. The molecule has 1 aromatic carbocycles. The Morgan fingerprint density at radius 2 is 2.10 bits per heavy atom. The van der Waals surface area contributed by atoms with E-state index in [-0.39, 0.29) is 11.9 Å². The van der Waals surface area contributed by atoms with Crippen LogP contribution in [0, 0.1) is 6.92 Å². The summed E-state index contributed by atoms with van der Waals surface area (Å²) >= 11 is 6.25. The largest absolute Gasteiger partial charge is 0.490 e.